The van der Waals surface area contributed by atoms with E-state index in [2.05, 4.69) is 26.6 Å². The van der Waals surface area contributed by atoms with E-state index in [-0.39, 0.29) is 6.54 Å². The van der Waals surface area contributed by atoms with E-state index in [1.807, 2.05) is 0 Å². The molecule has 15 nitrogen and oxygen atoms in total. The summed E-state index contributed by atoms with van der Waals surface area (Å²) in [6.07, 6.45) is -1.04. The van der Waals surface area contributed by atoms with Gasteiger partial charge in [-0.1, -0.05) is 20.3 Å². The molecule has 40 heavy (non-hydrogen) atoms. The van der Waals surface area contributed by atoms with Crippen LogP contribution in [0.5, 0.6) is 0 Å². The zero-order chi connectivity index (χ0) is 30.3. The molecule has 0 aliphatic carbocycles. The summed E-state index contributed by atoms with van der Waals surface area (Å²) in [5.74, 6) is -6.56. The van der Waals surface area contributed by atoms with Crippen LogP contribution in [0.15, 0.2) is 0 Å². The molecule has 0 aromatic heterocycles. The van der Waals surface area contributed by atoms with Gasteiger partial charge in [-0.15, -0.1) is 0 Å². The number of carboxylic acid groups (broad SMARTS) is 1. The van der Waals surface area contributed by atoms with Crippen molar-refractivity contribution in [3.63, 3.8) is 0 Å². The first-order chi connectivity index (χ1) is 18.7. The fourth-order valence-electron chi connectivity index (χ4n) is 4.58. The fourth-order valence-corrected chi connectivity index (χ4v) is 4.58. The largest absolute Gasteiger partial charge is 0.481 e. The third-order valence-corrected chi connectivity index (χ3v) is 7.19. The van der Waals surface area contributed by atoms with Crippen LogP contribution in [-0.2, 0) is 33.6 Å². The summed E-state index contributed by atoms with van der Waals surface area (Å²) < 4.78 is 0. The Bertz CT molecular complexity index is 1020. The van der Waals surface area contributed by atoms with Crippen molar-refractivity contribution in [1.29, 1.82) is 0 Å². The smallest absolute Gasteiger partial charge is 0.305 e. The number of carboxylic acids is 1. The highest BCUT2D eigenvalue weighted by Gasteiger charge is 2.40. The molecule has 0 bridgehead atoms. The van der Waals surface area contributed by atoms with Gasteiger partial charge in [0, 0.05) is 6.54 Å². The summed E-state index contributed by atoms with van der Waals surface area (Å²) >= 11 is 0. The van der Waals surface area contributed by atoms with E-state index in [1.54, 1.807) is 13.8 Å². The van der Waals surface area contributed by atoms with Crippen LogP contribution in [0.2, 0.25) is 0 Å². The highest BCUT2D eigenvalue weighted by atomic mass is 16.4. The number of aliphatic carboxylic acids is 1. The predicted octanol–water partition coefficient (Wildman–Crippen LogP) is -2.64. The van der Waals surface area contributed by atoms with Crippen molar-refractivity contribution in [2.24, 2.45) is 5.92 Å². The average Bonchev–Trinajstić information content (AvgIpc) is 3.37. The number of hydrogen-bond acceptors (Lipinski definition) is 8. The highest BCUT2D eigenvalue weighted by molar-refractivity contribution is 5.99. The van der Waals surface area contributed by atoms with Crippen LogP contribution in [0.3, 0.4) is 0 Å². The number of aliphatic hydroxyl groups is 1. The van der Waals surface area contributed by atoms with E-state index in [9.17, 15) is 43.8 Å². The van der Waals surface area contributed by atoms with Crippen LogP contribution in [-0.4, -0.2) is 105 Å². The molecule has 8 atom stereocenters. The first-order valence-electron chi connectivity index (χ1n) is 13.4. The van der Waals surface area contributed by atoms with Crippen LogP contribution < -0.4 is 26.6 Å². The van der Waals surface area contributed by atoms with Crippen LogP contribution >= 0.6 is 0 Å². The molecule has 2 saturated heterocycles. The van der Waals surface area contributed by atoms with E-state index in [0.29, 0.717) is 19.3 Å². The van der Waals surface area contributed by atoms with Gasteiger partial charge < -0.3 is 41.7 Å². The number of aliphatic hydroxyl groups excluding tert-OH is 1. The lowest BCUT2D eigenvalue weighted by Crippen LogP contribution is -2.62. The van der Waals surface area contributed by atoms with Gasteiger partial charge in [-0.2, -0.15) is 0 Å². The lowest BCUT2D eigenvalue weighted by molar-refractivity contribution is -0.144. The van der Waals surface area contributed by atoms with Gasteiger partial charge in [0.05, 0.1) is 12.5 Å². The van der Waals surface area contributed by atoms with Gasteiger partial charge in [-0.3, -0.25) is 33.6 Å². The first-order valence-corrected chi connectivity index (χ1v) is 13.4. The molecule has 0 aromatic rings. The topological polar surface area (TPSA) is 223 Å². The molecule has 0 spiro atoms. The Balaban J connectivity index is 2.49. The van der Waals surface area contributed by atoms with Crippen molar-refractivity contribution in [2.45, 2.75) is 103 Å². The van der Waals surface area contributed by atoms with Gasteiger partial charge in [-0.05, 0) is 39.5 Å². The third kappa shape index (κ3) is 8.13. The molecule has 15 heteroatoms. The van der Waals surface area contributed by atoms with Crippen LogP contribution in [0.4, 0.5) is 0 Å². The molecule has 0 radical (unpaired) electrons. The molecule has 2 rings (SSSR count). The van der Waals surface area contributed by atoms with Crippen molar-refractivity contribution >= 4 is 41.4 Å². The second-order valence-electron chi connectivity index (χ2n) is 10.4. The summed E-state index contributed by atoms with van der Waals surface area (Å²) in [6, 6.07) is -7.59. The molecule has 2 fully saturated rings. The zero-order valence-electron chi connectivity index (χ0n) is 23.4. The second-order valence-corrected chi connectivity index (χ2v) is 10.4. The minimum Gasteiger partial charge on any atom is -0.481 e. The maximum absolute atomic E-state index is 13.2. The van der Waals surface area contributed by atoms with Crippen molar-refractivity contribution in [1.82, 2.24) is 31.5 Å². The van der Waals surface area contributed by atoms with Crippen LogP contribution in [0.25, 0.3) is 0 Å². The van der Waals surface area contributed by atoms with E-state index >= 15 is 0 Å². The van der Waals surface area contributed by atoms with Gasteiger partial charge >= 0.3 is 5.97 Å². The molecule has 0 saturated carbocycles. The lowest BCUT2D eigenvalue weighted by Gasteiger charge is -2.31. The summed E-state index contributed by atoms with van der Waals surface area (Å²) in [4.78, 5) is 91.2. The van der Waals surface area contributed by atoms with E-state index in [0.717, 1.165) is 0 Å². The summed E-state index contributed by atoms with van der Waals surface area (Å²) in [7, 11) is 0. The number of hydrogen-bond donors (Lipinski definition) is 7. The summed E-state index contributed by atoms with van der Waals surface area (Å²) in [5.41, 5.74) is 0. The molecule has 2 aliphatic heterocycles. The molecule has 6 amide bonds. The molecular formula is C25H40N6O9. The van der Waals surface area contributed by atoms with Crippen molar-refractivity contribution < 1.29 is 43.8 Å². The molecule has 0 unspecified atom stereocenters. The lowest BCUT2D eigenvalue weighted by atomic mass is 9.97. The maximum atomic E-state index is 13.2. The SMILES string of the molecule is CC[C@H](C)[C@@H]1NC(=O)[C@@H](C)NC(=O)[C@H]2CCCN2C(=O)[C@@H](C)NC(=O)[C@H]([C@@H](C)O)NC(=O)[C@@H](CC(=O)O)NC1=O. The van der Waals surface area contributed by atoms with Gasteiger partial charge in [0.2, 0.25) is 35.4 Å². The molecule has 7 N–H and O–H groups in total. The van der Waals surface area contributed by atoms with Gasteiger partial charge in [0.1, 0.15) is 36.3 Å². The Morgan fingerprint density at radius 2 is 1.43 bits per heavy atom. The number of rotatable bonds is 5. The molecular weight excluding hydrogens is 528 g/mol. The van der Waals surface area contributed by atoms with Gasteiger partial charge in [-0.25, -0.2) is 0 Å². The molecule has 2 aliphatic rings. The minimum absolute atomic E-state index is 0.238. The van der Waals surface area contributed by atoms with Crippen molar-refractivity contribution in [3.05, 3.63) is 0 Å². The Morgan fingerprint density at radius 1 is 0.850 bits per heavy atom. The van der Waals surface area contributed by atoms with Crippen molar-refractivity contribution in [3.8, 4) is 0 Å². The van der Waals surface area contributed by atoms with E-state index < -0.39 is 96.1 Å². The van der Waals surface area contributed by atoms with Crippen molar-refractivity contribution in [2.75, 3.05) is 6.54 Å². The molecule has 0 aromatic carbocycles. The number of carbonyl (C=O) groups is 7. The zero-order valence-corrected chi connectivity index (χ0v) is 23.4. The Kier molecular flexibility index (Phi) is 11.4. The monoisotopic (exact) mass is 568 g/mol. The Hall–Kier alpha value is -3.75. The number of amides is 6. The van der Waals surface area contributed by atoms with E-state index in [1.165, 1.54) is 25.7 Å². The van der Waals surface area contributed by atoms with Gasteiger partial charge in [0.15, 0.2) is 0 Å². The number of nitrogens with one attached hydrogen (secondary N) is 5. The summed E-state index contributed by atoms with van der Waals surface area (Å²) in [6.45, 7) is 7.68. The highest BCUT2D eigenvalue weighted by Crippen LogP contribution is 2.19. The quantitative estimate of drug-likeness (QED) is 0.184. The molecule has 224 valence electrons. The van der Waals surface area contributed by atoms with Crippen LogP contribution in [0, 0.1) is 5.92 Å². The number of fused-ring (bicyclic) bond motifs is 1. The summed E-state index contributed by atoms with van der Waals surface area (Å²) in [5, 5.41) is 31.7. The Morgan fingerprint density at radius 3 is 2.00 bits per heavy atom. The third-order valence-electron chi connectivity index (χ3n) is 7.19. The normalized spacial score (nSPS) is 30.9. The standard InChI is InChI=1S/C25H40N6O9/c1-6-11(2)18-23(38)28-15(10-17(33)34)21(36)30-19(14(5)32)24(39)27-13(4)25(40)31-9-7-8-16(31)22(37)26-12(3)20(35)29-18/h11-16,18-19,32H,6-10H2,1-5H3,(H,26,37)(H,27,39)(H,28,38)(H,29,35)(H,30,36)(H,33,34)/t11-,12+,13+,14+,15+,16+,18-,19-/m0/s1. The van der Waals surface area contributed by atoms with E-state index in [4.69, 9.17) is 0 Å². The average molecular weight is 569 g/mol. The maximum Gasteiger partial charge on any atom is 0.305 e. The number of nitrogens with zero attached hydrogens (tertiary/aromatic N) is 1. The molecule has 2 heterocycles. The number of carbonyl (C=O) groups excluding carboxylic acids is 6. The van der Waals surface area contributed by atoms with Crippen LogP contribution in [0.1, 0.15) is 60.3 Å². The fraction of sp³-hybridized carbons (Fsp3) is 0.720. The van der Waals surface area contributed by atoms with Gasteiger partial charge in [0.25, 0.3) is 0 Å². The second kappa shape index (κ2) is 14.1. The predicted molar refractivity (Wildman–Crippen MR) is 139 cm³/mol. The first kappa shape index (κ1) is 32.5. The Labute approximate surface area is 232 Å². The minimum atomic E-state index is -1.66.